The average molecular weight is 407 g/mol. The van der Waals surface area contributed by atoms with Crippen molar-refractivity contribution in [3.8, 4) is 0 Å². The molecule has 0 saturated carbocycles. The van der Waals surface area contributed by atoms with Gasteiger partial charge >= 0.3 is 0 Å². The molecular formula is C13H10Br2FNOS. The summed E-state index contributed by atoms with van der Waals surface area (Å²) in [6.07, 6.45) is 0. The van der Waals surface area contributed by atoms with Crippen LogP contribution in [0.15, 0.2) is 38.6 Å². The Bertz CT molecular complexity index is 594. The number of nitrogens with zero attached hydrogens (tertiary/aromatic N) is 1. The van der Waals surface area contributed by atoms with Crippen molar-refractivity contribution in [1.29, 1.82) is 0 Å². The lowest BCUT2D eigenvalue weighted by atomic mass is 10.2. The maximum Gasteiger partial charge on any atom is 0.258 e. The largest absolute Gasteiger partial charge is 0.336 e. The van der Waals surface area contributed by atoms with Gasteiger partial charge in [-0.05, 0) is 50.1 Å². The third-order valence-corrected chi connectivity index (χ3v) is 4.88. The van der Waals surface area contributed by atoms with E-state index in [1.54, 1.807) is 30.5 Å². The molecule has 0 atom stereocenters. The maximum atomic E-state index is 13.7. The molecule has 0 radical (unpaired) electrons. The molecule has 19 heavy (non-hydrogen) atoms. The summed E-state index contributed by atoms with van der Waals surface area (Å²) in [5.41, 5.74) is 0.0700. The number of thiophene rings is 1. The molecule has 2 rings (SSSR count). The summed E-state index contributed by atoms with van der Waals surface area (Å²) in [6.45, 7) is 0.454. The van der Waals surface area contributed by atoms with Crippen molar-refractivity contribution >= 4 is 49.1 Å². The highest BCUT2D eigenvalue weighted by molar-refractivity contribution is 9.10. The molecule has 0 spiro atoms. The Morgan fingerprint density at radius 1 is 1.42 bits per heavy atom. The summed E-state index contributed by atoms with van der Waals surface area (Å²) in [6, 6.07) is 6.46. The Kier molecular flexibility index (Phi) is 4.76. The summed E-state index contributed by atoms with van der Waals surface area (Å²) < 4.78 is 15.2. The second-order valence-corrected chi connectivity index (χ2v) is 6.75. The van der Waals surface area contributed by atoms with Crippen LogP contribution in [0.4, 0.5) is 4.39 Å². The molecule has 0 unspecified atom stereocenters. The molecule has 0 saturated heterocycles. The van der Waals surface area contributed by atoms with E-state index >= 15 is 0 Å². The maximum absolute atomic E-state index is 13.7. The molecule has 0 aliphatic heterocycles. The summed E-state index contributed by atoms with van der Waals surface area (Å²) in [7, 11) is 1.66. The van der Waals surface area contributed by atoms with Crippen LogP contribution in [-0.4, -0.2) is 17.9 Å². The van der Waals surface area contributed by atoms with Crippen LogP contribution in [0.1, 0.15) is 15.2 Å². The summed E-state index contributed by atoms with van der Waals surface area (Å²) >= 11 is 8.13. The van der Waals surface area contributed by atoms with Gasteiger partial charge in [0.25, 0.3) is 5.91 Å². The standard InChI is InChI=1S/C13H10Br2FNOS/c1-17(6-9-5-8(14)7-19-9)13(18)12-10(15)3-2-4-11(12)16/h2-5,7H,6H2,1H3. The molecule has 100 valence electrons. The lowest BCUT2D eigenvalue weighted by Crippen LogP contribution is -2.27. The number of hydrogen-bond acceptors (Lipinski definition) is 2. The van der Waals surface area contributed by atoms with Crippen molar-refractivity contribution in [2.24, 2.45) is 0 Å². The van der Waals surface area contributed by atoms with Crippen LogP contribution < -0.4 is 0 Å². The highest BCUT2D eigenvalue weighted by Gasteiger charge is 2.19. The zero-order valence-corrected chi connectivity index (χ0v) is 14.0. The lowest BCUT2D eigenvalue weighted by molar-refractivity contribution is 0.0781. The molecule has 6 heteroatoms. The van der Waals surface area contributed by atoms with Crippen LogP contribution >= 0.6 is 43.2 Å². The van der Waals surface area contributed by atoms with E-state index in [1.165, 1.54) is 11.0 Å². The Morgan fingerprint density at radius 3 is 2.74 bits per heavy atom. The monoisotopic (exact) mass is 405 g/mol. The van der Waals surface area contributed by atoms with E-state index in [-0.39, 0.29) is 11.5 Å². The number of rotatable bonds is 3. The van der Waals surface area contributed by atoms with Gasteiger partial charge in [0.1, 0.15) is 5.82 Å². The van der Waals surface area contributed by atoms with Crippen molar-refractivity contribution in [2.75, 3.05) is 7.05 Å². The molecule has 1 heterocycles. The molecule has 1 aromatic heterocycles. The normalized spacial score (nSPS) is 10.5. The van der Waals surface area contributed by atoms with E-state index in [1.807, 2.05) is 11.4 Å². The first kappa shape index (κ1) is 14.7. The molecule has 0 aliphatic rings. The van der Waals surface area contributed by atoms with E-state index in [0.717, 1.165) is 9.35 Å². The quantitative estimate of drug-likeness (QED) is 0.724. The van der Waals surface area contributed by atoms with Gasteiger partial charge in [0.15, 0.2) is 0 Å². The van der Waals surface area contributed by atoms with Gasteiger partial charge < -0.3 is 4.90 Å². The van der Waals surface area contributed by atoms with Gasteiger partial charge in [0.2, 0.25) is 0 Å². The number of carbonyl (C=O) groups is 1. The van der Waals surface area contributed by atoms with Crippen molar-refractivity contribution in [3.05, 3.63) is 54.8 Å². The van der Waals surface area contributed by atoms with E-state index < -0.39 is 5.82 Å². The SMILES string of the molecule is CN(Cc1cc(Br)cs1)C(=O)c1c(F)cccc1Br. The first-order chi connectivity index (χ1) is 8.99. The van der Waals surface area contributed by atoms with Crippen LogP contribution in [-0.2, 0) is 6.54 Å². The van der Waals surface area contributed by atoms with Crippen LogP contribution in [0.25, 0.3) is 0 Å². The first-order valence-corrected chi connectivity index (χ1v) is 7.88. The number of amides is 1. The zero-order chi connectivity index (χ0) is 14.0. The molecule has 2 nitrogen and oxygen atoms in total. The lowest BCUT2D eigenvalue weighted by Gasteiger charge is -2.17. The van der Waals surface area contributed by atoms with Gasteiger partial charge in [-0.3, -0.25) is 4.79 Å². The second-order valence-electron chi connectivity index (χ2n) is 3.99. The fraction of sp³-hybridized carbons (Fsp3) is 0.154. The van der Waals surface area contributed by atoms with E-state index in [9.17, 15) is 9.18 Å². The number of halogens is 3. The summed E-state index contributed by atoms with van der Waals surface area (Å²) in [4.78, 5) is 14.8. The predicted octanol–water partition coefficient (Wildman–Crippen LogP) is 4.68. The Balaban J connectivity index is 2.19. The third kappa shape index (κ3) is 3.43. The van der Waals surface area contributed by atoms with Gasteiger partial charge in [0.05, 0.1) is 12.1 Å². The molecule has 0 aliphatic carbocycles. The number of benzene rings is 1. The minimum absolute atomic E-state index is 0.0700. The van der Waals surface area contributed by atoms with Gasteiger partial charge in [-0.15, -0.1) is 11.3 Å². The van der Waals surface area contributed by atoms with E-state index in [4.69, 9.17) is 0 Å². The number of carbonyl (C=O) groups excluding carboxylic acids is 1. The molecule has 1 aromatic carbocycles. The fourth-order valence-electron chi connectivity index (χ4n) is 1.64. The highest BCUT2D eigenvalue weighted by atomic mass is 79.9. The van der Waals surface area contributed by atoms with Crippen LogP contribution in [0.2, 0.25) is 0 Å². The number of hydrogen-bond donors (Lipinski definition) is 0. The smallest absolute Gasteiger partial charge is 0.258 e. The van der Waals surface area contributed by atoms with E-state index in [2.05, 4.69) is 31.9 Å². The molecule has 0 N–H and O–H groups in total. The molecular weight excluding hydrogens is 397 g/mol. The molecule has 2 aromatic rings. The summed E-state index contributed by atoms with van der Waals surface area (Å²) in [5.74, 6) is -0.854. The van der Waals surface area contributed by atoms with Crippen molar-refractivity contribution < 1.29 is 9.18 Å². The zero-order valence-electron chi connectivity index (χ0n) is 9.99. The van der Waals surface area contributed by atoms with Crippen LogP contribution in [0.5, 0.6) is 0 Å². The van der Waals surface area contributed by atoms with Crippen molar-refractivity contribution in [1.82, 2.24) is 4.90 Å². The third-order valence-electron chi connectivity index (χ3n) is 2.54. The van der Waals surface area contributed by atoms with Crippen LogP contribution in [0, 0.1) is 5.82 Å². The predicted molar refractivity (Wildman–Crippen MR) is 81.9 cm³/mol. The van der Waals surface area contributed by atoms with Crippen molar-refractivity contribution in [2.45, 2.75) is 6.54 Å². The molecule has 0 bridgehead atoms. The minimum Gasteiger partial charge on any atom is -0.336 e. The highest BCUT2D eigenvalue weighted by Crippen LogP contribution is 2.24. The first-order valence-electron chi connectivity index (χ1n) is 5.41. The van der Waals surface area contributed by atoms with Gasteiger partial charge in [-0.25, -0.2) is 4.39 Å². The Hall–Kier alpha value is -0.720. The minimum atomic E-state index is -0.515. The second kappa shape index (κ2) is 6.15. The molecule has 0 fully saturated rings. The summed E-state index contributed by atoms with van der Waals surface area (Å²) in [5, 5.41) is 1.95. The average Bonchev–Trinajstić information content (AvgIpc) is 2.74. The molecule has 1 amide bonds. The van der Waals surface area contributed by atoms with Crippen LogP contribution in [0.3, 0.4) is 0 Å². The Labute approximate surface area is 131 Å². The topological polar surface area (TPSA) is 20.3 Å². The van der Waals surface area contributed by atoms with Crippen molar-refractivity contribution in [3.63, 3.8) is 0 Å². The Morgan fingerprint density at radius 2 is 2.16 bits per heavy atom. The fourth-order valence-corrected chi connectivity index (χ4v) is 3.65. The van der Waals surface area contributed by atoms with Gasteiger partial charge in [-0.2, -0.15) is 0 Å². The van der Waals surface area contributed by atoms with Gasteiger partial charge in [0, 0.05) is 26.3 Å². The van der Waals surface area contributed by atoms with E-state index in [0.29, 0.717) is 11.0 Å². The van der Waals surface area contributed by atoms with Gasteiger partial charge in [-0.1, -0.05) is 6.07 Å².